The van der Waals surface area contributed by atoms with Crippen LogP contribution in [0.15, 0.2) is 72.8 Å². The predicted octanol–water partition coefficient (Wildman–Crippen LogP) is 9.88. The minimum atomic E-state index is -0.653. The maximum Gasteiger partial charge on any atom is 0.307 e. The second kappa shape index (κ2) is 22.8. The van der Waals surface area contributed by atoms with Gasteiger partial charge in [0.05, 0.1) is 45.6 Å². The number of halogens is 2. The molecular weight excluding hydrogens is 1170 g/mol. The van der Waals surface area contributed by atoms with Gasteiger partial charge in [-0.05, 0) is 152 Å². The Morgan fingerprint density at radius 1 is 0.629 bits per heavy atom. The van der Waals surface area contributed by atoms with Crippen LogP contribution in [0.2, 0.25) is 0 Å². The maximum atomic E-state index is 13.6. The van der Waals surface area contributed by atoms with Crippen LogP contribution in [0.1, 0.15) is 82.9 Å². The zero-order valence-corrected chi connectivity index (χ0v) is 52.6. The number of hydrogen-bond acceptors (Lipinski definition) is 17. The Balaban J connectivity index is 0.000000139. The van der Waals surface area contributed by atoms with Crippen LogP contribution in [-0.2, 0) is 9.59 Å². The third-order valence-corrected chi connectivity index (χ3v) is 21.4. The summed E-state index contributed by atoms with van der Waals surface area (Å²) >= 11 is 2.70. The summed E-state index contributed by atoms with van der Waals surface area (Å²) in [5.41, 5.74) is 14.2. The van der Waals surface area contributed by atoms with E-state index in [4.69, 9.17) is 25.3 Å². The van der Waals surface area contributed by atoms with E-state index in [1.807, 2.05) is 30.6 Å². The van der Waals surface area contributed by atoms with Crippen LogP contribution in [0.25, 0.3) is 33.5 Å². The fourth-order valence-corrected chi connectivity index (χ4v) is 15.7. The highest BCUT2D eigenvalue weighted by molar-refractivity contribution is 7.17. The molecule has 0 bridgehead atoms. The van der Waals surface area contributed by atoms with Crippen molar-refractivity contribution in [2.75, 3.05) is 126 Å². The van der Waals surface area contributed by atoms with Crippen molar-refractivity contribution in [3.05, 3.63) is 117 Å². The summed E-state index contributed by atoms with van der Waals surface area (Å²) in [5.74, 6) is -0.0460. The van der Waals surface area contributed by atoms with Crippen molar-refractivity contribution in [1.29, 1.82) is 10.5 Å². The number of aromatic nitrogens is 6. The van der Waals surface area contributed by atoms with Crippen molar-refractivity contribution in [1.82, 2.24) is 49.2 Å². The molecule has 89 heavy (non-hydrogen) atoms. The number of benzene rings is 2. The molecule has 23 heteroatoms. The topological polar surface area (TPSA) is 197 Å². The molecule has 19 nitrogen and oxygen atoms in total. The normalized spacial score (nSPS) is 20.7. The number of rotatable bonds is 12. The highest BCUT2D eigenvalue weighted by Crippen LogP contribution is 2.51. The van der Waals surface area contributed by atoms with E-state index in [2.05, 4.69) is 96.5 Å². The summed E-state index contributed by atoms with van der Waals surface area (Å²) < 4.78 is 31.2. The van der Waals surface area contributed by atoms with E-state index < -0.39 is 5.97 Å². The van der Waals surface area contributed by atoms with Gasteiger partial charge in [0.1, 0.15) is 44.9 Å². The van der Waals surface area contributed by atoms with Crippen LogP contribution in [-0.4, -0.2) is 168 Å². The third kappa shape index (κ3) is 11.0. The summed E-state index contributed by atoms with van der Waals surface area (Å²) in [6.07, 6.45) is 6.29. The molecular formula is C66H72F2N16O3S2. The van der Waals surface area contributed by atoms with Gasteiger partial charge in [-0.3, -0.25) is 9.59 Å². The van der Waals surface area contributed by atoms with Crippen molar-refractivity contribution < 1.29 is 23.5 Å². The number of aryl methyl sites for hydroxylation is 2. The zero-order valence-electron chi connectivity index (χ0n) is 51.0. The van der Waals surface area contributed by atoms with Crippen LogP contribution >= 0.6 is 22.7 Å². The lowest BCUT2D eigenvalue weighted by Gasteiger charge is -2.61. The van der Waals surface area contributed by atoms with Gasteiger partial charge in [-0.15, -0.1) is 0 Å². The molecule has 6 aliphatic heterocycles. The molecule has 2 saturated carbocycles. The summed E-state index contributed by atoms with van der Waals surface area (Å²) in [6, 6.07) is 25.8. The fraction of sp³-hybridized carbons (Fsp3) is 0.455. The van der Waals surface area contributed by atoms with Crippen molar-refractivity contribution in [2.45, 2.75) is 64.2 Å². The minimum absolute atomic E-state index is 0.116. The Bertz CT molecular complexity index is 4150. The van der Waals surface area contributed by atoms with Crippen molar-refractivity contribution >= 4 is 78.6 Å². The number of carboxylic acids is 1. The average Bonchev–Trinajstić information content (AvgIpc) is 1.60. The molecule has 1 amide bonds. The monoisotopic (exact) mass is 1240 g/mol. The lowest BCUT2D eigenvalue weighted by Crippen LogP contribution is -2.73. The van der Waals surface area contributed by atoms with Crippen LogP contribution in [0.4, 0.5) is 41.8 Å². The van der Waals surface area contributed by atoms with Gasteiger partial charge in [-0.2, -0.15) is 20.7 Å². The highest BCUT2D eigenvalue weighted by Gasteiger charge is 2.54. The van der Waals surface area contributed by atoms with Gasteiger partial charge in [0.15, 0.2) is 10.3 Å². The Morgan fingerprint density at radius 2 is 1.06 bits per heavy atom. The van der Waals surface area contributed by atoms with E-state index in [9.17, 15) is 28.9 Å². The first kappa shape index (κ1) is 58.6. The zero-order chi connectivity index (χ0) is 61.8. The number of amides is 1. The van der Waals surface area contributed by atoms with Crippen LogP contribution in [0.3, 0.4) is 0 Å². The van der Waals surface area contributed by atoms with Crippen LogP contribution < -0.4 is 24.9 Å². The van der Waals surface area contributed by atoms with Gasteiger partial charge in [-0.1, -0.05) is 22.7 Å². The molecule has 2 aromatic carbocycles. The van der Waals surface area contributed by atoms with Crippen molar-refractivity contribution in [3.8, 4) is 34.7 Å². The van der Waals surface area contributed by atoms with Crippen LogP contribution in [0.5, 0.6) is 0 Å². The van der Waals surface area contributed by atoms with Crippen molar-refractivity contribution in [2.24, 2.45) is 22.7 Å². The fourth-order valence-electron chi connectivity index (χ4n) is 14.0. The van der Waals surface area contributed by atoms with E-state index in [-0.39, 0.29) is 28.9 Å². The molecule has 6 saturated heterocycles. The molecule has 8 aromatic rings. The van der Waals surface area contributed by atoms with E-state index >= 15 is 0 Å². The Hall–Kier alpha value is -8.06. The Kier molecular flexibility index (Phi) is 15.0. The van der Waals surface area contributed by atoms with Crippen LogP contribution in [0, 0.1) is 70.8 Å². The number of carboxylic acid groups (broad SMARTS) is 1. The minimum Gasteiger partial charge on any atom is -0.481 e. The first-order valence-corrected chi connectivity index (χ1v) is 32.5. The number of hydrogen-bond donors (Lipinski definition) is 2. The van der Waals surface area contributed by atoms with E-state index in [0.29, 0.717) is 49.4 Å². The molecule has 2 atom stereocenters. The highest BCUT2D eigenvalue weighted by atomic mass is 32.1. The Morgan fingerprint density at radius 3 is 1.42 bits per heavy atom. The van der Waals surface area contributed by atoms with Gasteiger partial charge in [0, 0.05) is 136 Å². The molecule has 2 unspecified atom stereocenters. The number of nitrogens with zero attached hydrogens (tertiary/aromatic N) is 15. The summed E-state index contributed by atoms with van der Waals surface area (Å²) in [7, 11) is 8.05. The largest absolute Gasteiger partial charge is 0.481 e. The summed E-state index contributed by atoms with van der Waals surface area (Å²) in [4.78, 5) is 49.5. The molecule has 2 spiro atoms. The number of fused-ring (bicyclic) bond motifs is 2. The number of nitriles is 2. The molecule has 8 fully saturated rings. The number of carbonyl (C=O) groups is 2. The quantitative estimate of drug-likeness (QED) is 0.117. The lowest BCUT2D eigenvalue weighted by atomic mass is 9.72. The number of anilines is 6. The van der Waals surface area contributed by atoms with E-state index in [0.717, 1.165) is 179 Å². The average molecular weight is 1240 g/mol. The predicted molar refractivity (Wildman–Crippen MR) is 342 cm³/mol. The number of likely N-dealkylation sites (tertiary alicyclic amines) is 3. The molecule has 12 heterocycles. The summed E-state index contributed by atoms with van der Waals surface area (Å²) in [6.45, 7) is 15.8. The third-order valence-electron chi connectivity index (χ3n) is 19.3. The number of aliphatic carboxylic acids is 1. The smallest absolute Gasteiger partial charge is 0.307 e. The number of pyridine rings is 2. The van der Waals surface area contributed by atoms with E-state index in [1.165, 1.54) is 58.3 Å². The first-order valence-electron chi connectivity index (χ1n) is 30.8. The molecule has 8 aliphatic rings. The molecule has 6 aromatic heterocycles. The van der Waals surface area contributed by atoms with Crippen molar-refractivity contribution in [3.63, 3.8) is 0 Å². The molecule has 460 valence electrons. The SMILES string of the molecule is CN1CCC(C(=O)O)C1.Cc1cc(N2CC3(CN(C(=O)C4CCN(C)C4)C3)C2)cc2c(N(C)c3nc(-c4ccc(F)cc4)c(C#N)s3)c(C3CC3)nn12.Cc1cc(N2CC3(CNC3)C2)cc2c(N(C)c3nc(-c4ccc(F)cc4)c(C#N)s3)c(C3CC3)nn12. The number of thiazole rings is 2. The lowest BCUT2D eigenvalue weighted by molar-refractivity contribution is -0.149. The van der Waals surface area contributed by atoms with Gasteiger partial charge in [0.25, 0.3) is 0 Å². The molecule has 0 radical (unpaired) electrons. The Labute approximate surface area is 524 Å². The van der Waals surface area contributed by atoms with E-state index in [1.54, 1.807) is 24.3 Å². The van der Waals surface area contributed by atoms with Gasteiger partial charge in [0.2, 0.25) is 5.91 Å². The maximum absolute atomic E-state index is 13.6. The van der Waals surface area contributed by atoms with Gasteiger partial charge >= 0.3 is 5.97 Å². The van der Waals surface area contributed by atoms with Gasteiger partial charge in [-0.25, -0.2) is 27.8 Å². The second-order valence-corrected chi connectivity index (χ2v) is 28.3. The number of nitrogens with one attached hydrogen (secondary N) is 1. The molecule has 2 aliphatic carbocycles. The number of carbonyl (C=O) groups excluding carboxylic acids is 1. The standard InChI is InChI=1S/C33H35FN8OS.C27H26FN7S.C6H11NO2/c1-20-12-25(40-16-33(17-40)18-41(19-33)31(43)23-10-11-38(2)15-23)13-26-30(29(22-4-5-22)37-42(20)26)39(3)32-36-28(27(14-35)44-32)21-6-8-24(34)9-7-21;1-16-9-20(34-14-27(15-34)12-30-13-27)10-21-25(24(18-3-4-18)32-35(16)21)33(2)26-31-23(22(11-29)36-26)17-5-7-19(28)8-6-17;1-7-3-2-5(4-7)6(8)9/h6-9,12-13,22-23H,4-5,10-11,15-19H2,1-3H3;5-10,18,30H,3-4,12-15H2,1-2H3;5H,2-4H2,1H3,(H,8,9). The summed E-state index contributed by atoms with van der Waals surface area (Å²) in [5, 5.41) is 43.2. The first-order chi connectivity index (χ1) is 42.9. The molecule has 16 rings (SSSR count). The van der Waals surface area contributed by atoms with Gasteiger partial charge < -0.3 is 44.7 Å². The molecule has 2 N–H and O–H groups in total. The second-order valence-electron chi connectivity index (χ2n) is 26.4.